The topological polar surface area (TPSA) is 84.0 Å². The van der Waals surface area contributed by atoms with Crippen molar-refractivity contribution < 1.29 is 14.3 Å². The van der Waals surface area contributed by atoms with Gasteiger partial charge in [-0.25, -0.2) is 0 Å². The number of guanidine groups is 1. The smallest absolute Gasteiger partial charge is 0.221 e. The van der Waals surface area contributed by atoms with Crippen molar-refractivity contribution >= 4 is 29.2 Å². The van der Waals surface area contributed by atoms with Crippen LogP contribution in [0, 0.1) is 0 Å². The summed E-state index contributed by atoms with van der Waals surface area (Å²) in [6, 6.07) is 11.3. The molecule has 2 aromatic carbocycles. The predicted molar refractivity (Wildman–Crippen MR) is 117 cm³/mol. The summed E-state index contributed by atoms with van der Waals surface area (Å²) in [5.41, 5.74) is 2.65. The first-order chi connectivity index (χ1) is 14.0. The number of carbonyl (C=O) groups excluding carboxylic acids is 1. The van der Waals surface area contributed by atoms with Gasteiger partial charge >= 0.3 is 0 Å². The van der Waals surface area contributed by atoms with Gasteiger partial charge in [-0.05, 0) is 41.8 Å². The van der Waals surface area contributed by atoms with E-state index in [0.29, 0.717) is 35.5 Å². The molecule has 0 aliphatic carbocycles. The maximum Gasteiger partial charge on any atom is 0.221 e. The van der Waals surface area contributed by atoms with Crippen molar-refractivity contribution in [3.8, 4) is 11.5 Å². The average molecular weight is 419 g/mol. The molecule has 0 aliphatic rings. The number of nitrogens with zero attached hydrogens (tertiary/aromatic N) is 1. The number of rotatable bonds is 8. The van der Waals surface area contributed by atoms with Gasteiger partial charge in [0.15, 0.2) is 5.96 Å². The number of hydrogen-bond donors (Lipinski definition) is 3. The Bertz CT molecular complexity index is 871. The van der Waals surface area contributed by atoms with Gasteiger partial charge in [-0.15, -0.1) is 0 Å². The van der Waals surface area contributed by atoms with E-state index in [9.17, 15) is 4.79 Å². The Balaban J connectivity index is 1.90. The molecule has 1 amide bonds. The van der Waals surface area contributed by atoms with Gasteiger partial charge in [0.1, 0.15) is 11.5 Å². The Morgan fingerprint density at radius 2 is 1.90 bits per heavy atom. The number of benzene rings is 2. The highest BCUT2D eigenvalue weighted by Crippen LogP contribution is 2.25. The molecule has 8 heteroatoms. The summed E-state index contributed by atoms with van der Waals surface area (Å²) in [7, 11) is 4.90. The molecule has 0 fully saturated rings. The fourth-order valence-electron chi connectivity index (χ4n) is 2.73. The largest absolute Gasteiger partial charge is 0.497 e. The molecule has 156 valence electrons. The van der Waals surface area contributed by atoms with Crippen molar-refractivity contribution in [1.82, 2.24) is 10.6 Å². The minimum absolute atomic E-state index is 0.150. The molecule has 29 heavy (non-hydrogen) atoms. The molecule has 0 aromatic heterocycles. The second kappa shape index (κ2) is 11.2. The molecule has 2 aromatic rings. The number of methoxy groups -OCH3 is 2. The van der Waals surface area contributed by atoms with Gasteiger partial charge in [0.05, 0.1) is 19.9 Å². The summed E-state index contributed by atoms with van der Waals surface area (Å²) in [5, 5.41) is 9.97. The summed E-state index contributed by atoms with van der Waals surface area (Å²) in [6.45, 7) is 2.68. The van der Waals surface area contributed by atoms with Crippen LogP contribution in [-0.2, 0) is 17.8 Å². The summed E-state index contributed by atoms with van der Waals surface area (Å²) >= 11 is 6.28. The van der Waals surface area contributed by atoms with Crippen LogP contribution < -0.4 is 25.4 Å². The van der Waals surface area contributed by atoms with E-state index in [4.69, 9.17) is 21.1 Å². The highest BCUT2D eigenvalue weighted by atomic mass is 35.5. The van der Waals surface area contributed by atoms with Crippen LogP contribution in [0.3, 0.4) is 0 Å². The monoisotopic (exact) mass is 418 g/mol. The standard InChI is InChI=1S/C21H27ClN4O3/c1-14(27)26-19-11-15(5-8-20(19)29-4)13-25-21(23-2)24-10-9-16-6-7-17(28-3)12-18(16)22/h5-8,11-12H,9-10,13H2,1-4H3,(H,26,27)(H2,23,24,25). The van der Waals surface area contributed by atoms with E-state index in [0.717, 1.165) is 23.3 Å². The van der Waals surface area contributed by atoms with Crippen LogP contribution in [0.2, 0.25) is 5.02 Å². The highest BCUT2D eigenvalue weighted by Gasteiger charge is 2.07. The molecule has 7 nitrogen and oxygen atoms in total. The third-order valence-corrected chi connectivity index (χ3v) is 4.56. The van der Waals surface area contributed by atoms with Crippen LogP contribution in [0.1, 0.15) is 18.1 Å². The first-order valence-corrected chi connectivity index (χ1v) is 9.56. The predicted octanol–water partition coefficient (Wildman–Crippen LogP) is 3.22. The van der Waals surface area contributed by atoms with E-state index in [1.807, 2.05) is 30.3 Å². The number of aliphatic imine (C=N–C) groups is 1. The first kappa shape index (κ1) is 22.4. The molecule has 0 atom stereocenters. The van der Waals surface area contributed by atoms with Gasteiger partial charge in [-0.2, -0.15) is 0 Å². The second-order valence-electron chi connectivity index (χ2n) is 6.28. The van der Waals surface area contributed by atoms with Crippen molar-refractivity contribution in [3.05, 3.63) is 52.5 Å². The Hall–Kier alpha value is -2.93. The van der Waals surface area contributed by atoms with E-state index >= 15 is 0 Å². The van der Waals surface area contributed by atoms with E-state index in [2.05, 4.69) is 20.9 Å². The van der Waals surface area contributed by atoms with Crippen LogP contribution in [0.4, 0.5) is 5.69 Å². The SMILES string of the molecule is CN=C(NCCc1ccc(OC)cc1Cl)NCc1ccc(OC)c(NC(C)=O)c1. The van der Waals surface area contributed by atoms with Gasteiger partial charge in [0, 0.05) is 32.1 Å². The Kier molecular flexibility index (Phi) is 8.61. The third kappa shape index (κ3) is 6.87. The van der Waals surface area contributed by atoms with Crippen LogP contribution >= 0.6 is 11.6 Å². The summed E-state index contributed by atoms with van der Waals surface area (Å²) < 4.78 is 10.4. The molecule has 0 spiro atoms. The van der Waals surface area contributed by atoms with E-state index < -0.39 is 0 Å². The maximum absolute atomic E-state index is 11.4. The summed E-state index contributed by atoms with van der Waals surface area (Å²) in [5.74, 6) is 1.87. The molecule has 2 rings (SSSR count). The van der Waals surface area contributed by atoms with Gasteiger partial charge in [0.2, 0.25) is 5.91 Å². The quantitative estimate of drug-likeness (QED) is 0.453. The van der Waals surface area contributed by atoms with Gasteiger partial charge in [0.25, 0.3) is 0 Å². The molecule has 3 N–H and O–H groups in total. The zero-order chi connectivity index (χ0) is 21.2. The fourth-order valence-corrected chi connectivity index (χ4v) is 3.00. The number of ether oxygens (including phenoxy) is 2. The molecule has 0 saturated heterocycles. The lowest BCUT2D eigenvalue weighted by molar-refractivity contribution is -0.114. The zero-order valence-corrected chi connectivity index (χ0v) is 17.9. The van der Waals surface area contributed by atoms with E-state index in [1.165, 1.54) is 6.92 Å². The van der Waals surface area contributed by atoms with Crippen LogP contribution in [0.15, 0.2) is 41.4 Å². The van der Waals surface area contributed by atoms with Crippen molar-refractivity contribution in [2.24, 2.45) is 4.99 Å². The average Bonchev–Trinajstić information content (AvgIpc) is 2.71. The molecular weight excluding hydrogens is 392 g/mol. The minimum Gasteiger partial charge on any atom is -0.497 e. The summed E-state index contributed by atoms with van der Waals surface area (Å²) in [6.07, 6.45) is 0.749. The fraction of sp³-hybridized carbons (Fsp3) is 0.333. The first-order valence-electron chi connectivity index (χ1n) is 9.18. The van der Waals surface area contributed by atoms with Crippen molar-refractivity contribution in [1.29, 1.82) is 0 Å². The molecule has 0 saturated carbocycles. The molecule has 0 bridgehead atoms. The number of amides is 1. The number of halogens is 1. The maximum atomic E-state index is 11.4. The Morgan fingerprint density at radius 3 is 2.52 bits per heavy atom. The number of nitrogens with one attached hydrogen (secondary N) is 3. The molecule has 0 heterocycles. The molecule has 0 aliphatic heterocycles. The summed E-state index contributed by atoms with van der Waals surface area (Å²) in [4.78, 5) is 15.6. The Morgan fingerprint density at radius 1 is 1.10 bits per heavy atom. The Labute approximate surface area is 176 Å². The zero-order valence-electron chi connectivity index (χ0n) is 17.1. The van der Waals surface area contributed by atoms with Crippen LogP contribution in [0.25, 0.3) is 0 Å². The normalized spacial score (nSPS) is 11.0. The molecule has 0 unspecified atom stereocenters. The highest BCUT2D eigenvalue weighted by molar-refractivity contribution is 6.31. The minimum atomic E-state index is -0.150. The lowest BCUT2D eigenvalue weighted by atomic mass is 10.1. The van der Waals surface area contributed by atoms with Crippen molar-refractivity contribution in [2.75, 3.05) is 33.1 Å². The van der Waals surface area contributed by atoms with Gasteiger partial charge in [-0.1, -0.05) is 23.7 Å². The number of hydrogen-bond acceptors (Lipinski definition) is 4. The van der Waals surface area contributed by atoms with Crippen LogP contribution in [-0.4, -0.2) is 39.7 Å². The number of carbonyl (C=O) groups is 1. The molecular formula is C21H27ClN4O3. The van der Waals surface area contributed by atoms with Crippen molar-refractivity contribution in [2.45, 2.75) is 19.9 Å². The van der Waals surface area contributed by atoms with Gasteiger partial charge in [-0.3, -0.25) is 9.79 Å². The van der Waals surface area contributed by atoms with Gasteiger partial charge < -0.3 is 25.4 Å². The second-order valence-corrected chi connectivity index (χ2v) is 6.68. The van der Waals surface area contributed by atoms with Crippen molar-refractivity contribution in [3.63, 3.8) is 0 Å². The lowest BCUT2D eigenvalue weighted by Gasteiger charge is -2.14. The third-order valence-electron chi connectivity index (χ3n) is 4.21. The van der Waals surface area contributed by atoms with Crippen LogP contribution in [0.5, 0.6) is 11.5 Å². The van der Waals surface area contributed by atoms with E-state index in [1.54, 1.807) is 27.3 Å². The number of anilines is 1. The van der Waals surface area contributed by atoms with E-state index in [-0.39, 0.29) is 5.91 Å². The molecule has 0 radical (unpaired) electrons. The lowest BCUT2D eigenvalue weighted by Crippen LogP contribution is -2.37.